The van der Waals surface area contributed by atoms with Crippen LogP contribution in [0.3, 0.4) is 0 Å². The average Bonchev–Trinajstić information content (AvgIpc) is 3.61. The van der Waals surface area contributed by atoms with Crippen LogP contribution in [0.1, 0.15) is 12.5 Å². The Balaban J connectivity index is 1.32. The molecule has 46 heavy (non-hydrogen) atoms. The van der Waals surface area contributed by atoms with E-state index in [1.165, 1.54) is 6.92 Å². The summed E-state index contributed by atoms with van der Waals surface area (Å²) in [6.07, 6.45) is 7.11. The van der Waals surface area contributed by atoms with Crippen molar-refractivity contribution >= 4 is 94.9 Å². The number of amides is 1. The van der Waals surface area contributed by atoms with E-state index < -0.39 is 0 Å². The van der Waals surface area contributed by atoms with Gasteiger partial charge in [0.25, 0.3) is 0 Å². The summed E-state index contributed by atoms with van der Waals surface area (Å²) in [4.78, 5) is 35.3. The highest BCUT2D eigenvalue weighted by molar-refractivity contribution is 14.1. The maximum Gasteiger partial charge on any atom is 0.222 e. The number of pyridine rings is 1. The van der Waals surface area contributed by atoms with Crippen LogP contribution < -0.4 is 10.6 Å². The van der Waals surface area contributed by atoms with Crippen molar-refractivity contribution in [1.29, 1.82) is 0 Å². The first-order chi connectivity index (χ1) is 22.3. The zero-order valence-electron chi connectivity index (χ0n) is 23.8. The molecular formula is C32H21Br2ClIN9O. The Bertz CT molecular complexity index is 2270. The molecule has 0 atom stereocenters. The van der Waals surface area contributed by atoms with Gasteiger partial charge in [-0.1, -0.05) is 60.1 Å². The van der Waals surface area contributed by atoms with Gasteiger partial charge in [0.2, 0.25) is 5.91 Å². The minimum Gasteiger partial charge on any atom is -0.363 e. The van der Waals surface area contributed by atoms with Gasteiger partial charge in [-0.2, -0.15) is 0 Å². The quantitative estimate of drug-likeness (QED) is 0.155. The highest BCUT2D eigenvalue weighted by Crippen LogP contribution is 2.38. The number of benzene rings is 2. The molecule has 14 heteroatoms. The third-order valence-electron chi connectivity index (χ3n) is 7.16. The molecule has 2 N–H and O–H groups in total. The van der Waals surface area contributed by atoms with Crippen LogP contribution in [0, 0.1) is 3.70 Å². The first-order valence-electron chi connectivity index (χ1n) is 13.9. The lowest BCUT2D eigenvalue weighted by molar-refractivity contribution is -0.114. The fourth-order valence-electron chi connectivity index (χ4n) is 5.02. The Morgan fingerprint density at radius 3 is 2.43 bits per heavy atom. The van der Waals surface area contributed by atoms with E-state index in [-0.39, 0.29) is 5.91 Å². The second-order valence-corrected chi connectivity index (χ2v) is 13.2. The highest BCUT2D eigenvalue weighted by Gasteiger charge is 2.23. The SMILES string of the molecule is CC(=O)Nc1nc(-c2ccc(-c3nc4c(NCc5cccnc5)nc(-c5ccccc5Cl)c(Br)n4c3I)cc2)cn2c(Br)cnc12. The number of rotatable bonds is 7. The van der Waals surface area contributed by atoms with Crippen molar-refractivity contribution in [1.82, 2.24) is 33.7 Å². The van der Waals surface area contributed by atoms with Crippen molar-refractivity contribution in [3.05, 3.63) is 109 Å². The molecule has 7 rings (SSSR count). The van der Waals surface area contributed by atoms with Gasteiger partial charge in [0, 0.05) is 48.7 Å². The fourth-order valence-corrected chi connectivity index (χ4v) is 7.49. The molecule has 0 saturated heterocycles. The third kappa shape index (κ3) is 5.76. The van der Waals surface area contributed by atoms with Gasteiger partial charge >= 0.3 is 0 Å². The lowest BCUT2D eigenvalue weighted by Crippen LogP contribution is -2.10. The molecule has 228 valence electrons. The van der Waals surface area contributed by atoms with E-state index in [2.05, 4.69) is 75.1 Å². The van der Waals surface area contributed by atoms with Crippen molar-refractivity contribution < 1.29 is 4.79 Å². The Kier molecular flexibility index (Phi) is 8.48. The summed E-state index contributed by atoms with van der Waals surface area (Å²) in [6, 6.07) is 19.5. The number of nitrogens with one attached hydrogen (secondary N) is 2. The molecule has 0 aliphatic carbocycles. The van der Waals surface area contributed by atoms with Crippen LogP contribution in [-0.4, -0.2) is 39.6 Å². The highest BCUT2D eigenvalue weighted by atomic mass is 127. The molecule has 5 aromatic heterocycles. The second-order valence-electron chi connectivity index (χ2n) is 10.2. The van der Waals surface area contributed by atoms with Gasteiger partial charge in [0.15, 0.2) is 22.9 Å². The fraction of sp³-hybridized carbons (Fsp3) is 0.0625. The zero-order chi connectivity index (χ0) is 31.9. The zero-order valence-corrected chi connectivity index (χ0v) is 29.9. The minimum atomic E-state index is -0.227. The number of hydrogen-bond acceptors (Lipinski definition) is 7. The Morgan fingerprint density at radius 1 is 0.913 bits per heavy atom. The Hall–Kier alpha value is -3.92. The van der Waals surface area contributed by atoms with E-state index in [4.69, 9.17) is 26.6 Å². The second kappa shape index (κ2) is 12.7. The van der Waals surface area contributed by atoms with E-state index in [9.17, 15) is 4.79 Å². The molecule has 0 bridgehead atoms. The number of fused-ring (bicyclic) bond motifs is 2. The van der Waals surface area contributed by atoms with Gasteiger partial charge in [-0.15, -0.1) is 0 Å². The smallest absolute Gasteiger partial charge is 0.222 e. The molecule has 5 heterocycles. The third-order valence-corrected chi connectivity index (χ3v) is 9.80. The number of nitrogens with zero attached hydrogens (tertiary/aromatic N) is 7. The lowest BCUT2D eigenvalue weighted by atomic mass is 10.1. The number of hydrogen-bond donors (Lipinski definition) is 2. The maximum absolute atomic E-state index is 11.9. The van der Waals surface area contributed by atoms with Gasteiger partial charge in [-0.05, 0) is 72.1 Å². The van der Waals surface area contributed by atoms with E-state index in [1.807, 2.05) is 81.9 Å². The van der Waals surface area contributed by atoms with E-state index >= 15 is 0 Å². The molecule has 0 unspecified atom stereocenters. The molecule has 10 nitrogen and oxygen atoms in total. The summed E-state index contributed by atoms with van der Waals surface area (Å²) in [5.41, 5.74) is 6.93. The van der Waals surface area contributed by atoms with E-state index in [0.717, 1.165) is 40.9 Å². The molecule has 1 amide bonds. The topological polar surface area (TPSA) is 114 Å². The van der Waals surface area contributed by atoms with Gasteiger partial charge < -0.3 is 10.6 Å². The van der Waals surface area contributed by atoms with Gasteiger partial charge in [0.1, 0.15) is 24.3 Å². The Morgan fingerprint density at radius 2 is 1.70 bits per heavy atom. The molecule has 2 aromatic carbocycles. The average molecular weight is 870 g/mol. The predicted molar refractivity (Wildman–Crippen MR) is 195 cm³/mol. The monoisotopic (exact) mass is 867 g/mol. The van der Waals surface area contributed by atoms with Crippen LogP contribution in [0.4, 0.5) is 11.6 Å². The molecule has 0 aliphatic rings. The first-order valence-corrected chi connectivity index (χ1v) is 16.9. The van der Waals surface area contributed by atoms with Crippen molar-refractivity contribution in [2.45, 2.75) is 13.5 Å². The molecule has 0 spiro atoms. The molecular weight excluding hydrogens is 849 g/mol. The summed E-state index contributed by atoms with van der Waals surface area (Å²) in [7, 11) is 0. The number of halogens is 4. The molecule has 0 radical (unpaired) electrons. The minimum absolute atomic E-state index is 0.227. The summed E-state index contributed by atoms with van der Waals surface area (Å²) in [6.45, 7) is 1.96. The van der Waals surface area contributed by atoms with E-state index in [1.54, 1.807) is 12.4 Å². The molecule has 0 fully saturated rings. The van der Waals surface area contributed by atoms with Crippen LogP contribution in [0.25, 0.3) is 45.1 Å². The van der Waals surface area contributed by atoms with Crippen LogP contribution in [0.5, 0.6) is 0 Å². The maximum atomic E-state index is 11.9. The standard InChI is InChI=1S/C32H21Br2ClIN9O/c1-17(46)40-30-31-39-15-24(33)44(31)16-23(41-30)19-8-10-20(11-9-19)25-28(36)45-27(34)26(21-6-2-3-7-22(21)35)42-29(32(45)43-25)38-14-18-5-4-12-37-13-18/h2-13,15-16H,14H2,1H3,(H,38,42)(H,40,41,46). The largest absolute Gasteiger partial charge is 0.363 e. The van der Waals surface area contributed by atoms with Crippen molar-refractivity contribution in [2.24, 2.45) is 0 Å². The van der Waals surface area contributed by atoms with Crippen molar-refractivity contribution in [3.8, 4) is 33.8 Å². The van der Waals surface area contributed by atoms with Gasteiger partial charge in [-0.3, -0.25) is 18.6 Å². The van der Waals surface area contributed by atoms with Crippen LogP contribution >= 0.6 is 66.1 Å². The predicted octanol–water partition coefficient (Wildman–Crippen LogP) is 8.52. The lowest BCUT2D eigenvalue weighted by Gasteiger charge is -2.13. The first kappa shape index (κ1) is 30.7. The van der Waals surface area contributed by atoms with Crippen LogP contribution in [-0.2, 0) is 11.3 Å². The van der Waals surface area contributed by atoms with Crippen LogP contribution in [0.15, 0.2) is 94.7 Å². The van der Waals surface area contributed by atoms with Crippen molar-refractivity contribution in [3.63, 3.8) is 0 Å². The summed E-state index contributed by atoms with van der Waals surface area (Å²) >= 11 is 16.3. The molecule has 7 aromatic rings. The number of carbonyl (C=O) groups excluding carboxylic acids is 1. The summed E-state index contributed by atoms with van der Waals surface area (Å²) in [5.74, 6) is 0.763. The Labute approximate surface area is 298 Å². The molecule has 0 aliphatic heterocycles. The number of anilines is 2. The normalized spacial score (nSPS) is 11.3. The number of carbonyl (C=O) groups is 1. The summed E-state index contributed by atoms with van der Waals surface area (Å²) < 4.78 is 6.25. The van der Waals surface area contributed by atoms with Gasteiger partial charge in [0.05, 0.1) is 16.9 Å². The van der Waals surface area contributed by atoms with E-state index in [0.29, 0.717) is 45.9 Å². The van der Waals surface area contributed by atoms with Gasteiger partial charge in [-0.25, -0.2) is 19.9 Å². The van der Waals surface area contributed by atoms with Crippen LogP contribution in [0.2, 0.25) is 5.02 Å². The van der Waals surface area contributed by atoms with Crippen molar-refractivity contribution in [2.75, 3.05) is 10.6 Å². The number of aromatic nitrogens is 7. The summed E-state index contributed by atoms with van der Waals surface area (Å²) in [5, 5.41) is 6.85. The molecule has 0 saturated carbocycles. The number of imidazole rings is 2.